The van der Waals surface area contributed by atoms with Crippen molar-refractivity contribution in [2.24, 2.45) is 5.73 Å². The van der Waals surface area contributed by atoms with Crippen LogP contribution < -0.4 is 21.7 Å². The number of nitrogens with zero attached hydrogens (tertiary/aromatic N) is 3. The van der Waals surface area contributed by atoms with Gasteiger partial charge in [-0.1, -0.05) is 30.3 Å². The Morgan fingerprint density at radius 1 is 0.667 bits per heavy atom. The fraction of sp³-hybridized carbons (Fsp3) is 0.296. The molecule has 0 spiro atoms. The number of rotatable bonds is 15. The lowest BCUT2D eigenvalue weighted by Crippen LogP contribution is -2.58. The lowest BCUT2D eigenvalue weighted by Gasteiger charge is -2.25. The Kier molecular flexibility index (Phi) is 10.1. The zero-order chi connectivity index (χ0) is 29.9. The van der Waals surface area contributed by atoms with Gasteiger partial charge in [0, 0.05) is 61.4 Å². The number of hydrogen-bond donors (Lipinski definition) is 8. The van der Waals surface area contributed by atoms with E-state index in [9.17, 15) is 24.3 Å². The maximum atomic E-state index is 13.6. The van der Waals surface area contributed by atoms with Gasteiger partial charge in [0.05, 0.1) is 25.0 Å². The predicted octanol–water partition coefficient (Wildman–Crippen LogP) is -1.01. The van der Waals surface area contributed by atoms with E-state index >= 15 is 0 Å². The molecule has 0 aliphatic rings. The van der Waals surface area contributed by atoms with Crippen molar-refractivity contribution < 1.29 is 24.3 Å². The Hall–Kier alpha value is -5.31. The molecule has 0 fully saturated rings. The van der Waals surface area contributed by atoms with E-state index in [2.05, 4.69) is 45.9 Å². The van der Waals surface area contributed by atoms with Crippen molar-refractivity contribution in [3.63, 3.8) is 0 Å². The van der Waals surface area contributed by atoms with E-state index in [-0.39, 0.29) is 25.7 Å². The largest absolute Gasteiger partial charge is 0.480 e. The number of carbonyl (C=O) groups excluding carboxylic acids is 3. The van der Waals surface area contributed by atoms with E-state index in [4.69, 9.17) is 5.73 Å². The minimum atomic E-state index is -1.25. The second kappa shape index (κ2) is 14.4. The number of carboxylic acid groups (broad SMARTS) is 1. The summed E-state index contributed by atoms with van der Waals surface area (Å²) < 4.78 is 0. The quantitative estimate of drug-likeness (QED) is 0.0864. The van der Waals surface area contributed by atoms with E-state index in [1.807, 2.05) is 0 Å². The topological polar surface area (TPSA) is 237 Å². The average Bonchev–Trinajstić information content (AvgIpc) is 3.77. The van der Waals surface area contributed by atoms with Gasteiger partial charge in [-0.15, -0.1) is 0 Å². The number of aromatic nitrogens is 6. The van der Waals surface area contributed by atoms with Gasteiger partial charge in [0.25, 0.3) is 0 Å². The van der Waals surface area contributed by atoms with Gasteiger partial charge in [-0.3, -0.25) is 14.4 Å². The monoisotopic (exact) mass is 576 g/mol. The summed E-state index contributed by atoms with van der Waals surface area (Å²) in [6.45, 7) is 0. The smallest absolute Gasteiger partial charge is 0.326 e. The second-order valence-electron chi connectivity index (χ2n) is 9.66. The number of H-pyrrole nitrogens is 3. The molecule has 15 nitrogen and oxygen atoms in total. The maximum absolute atomic E-state index is 13.6. The molecule has 15 heteroatoms. The van der Waals surface area contributed by atoms with Crippen LogP contribution >= 0.6 is 0 Å². The van der Waals surface area contributed by atoms with E-state index in [0.29, 0.717) is 22.6 Å². The van der Waals surface area contributed by atoms with Crippen LogP contribution in [0.2, 0.25) is 0 Å². The van der Waals surface area contributed by atoms with Crippen LogP contribution in [0.25, 0.3) is 0 Å². The van der Waals surface area contributed by atoms with Crippen molar-refractivity contribution >= 4 is 23.7 Å². The first-order chi connectivity index (χ1) is 20.3. The number of nitrogens with one attached hydrogen (secondary N) is 6. The van der Waals surface area contributed by atoms with Crippen molar-refractivity contribution in [2.75, 3.05) is 0 Å². The highest BCUT2D eigenvalue weighted by molar-refractivity contribution is 5.94. The summed E-state index contributed by atoms with van der Waals surface area (Å²) in [7, 11) is 0. The molecule has 0 bridgehead atoms. The zero-order valence-electron chi connectivity index (χ0n) is 22.5. The number of imidazole rings is 3. The summed E-state index contributed by atoms with van der Waals surface area (Å²) in [4.78, 5) is 72.4. The molecule has 0 radical (unpaired) electrons. The Morgan fingerprint density at radius 3 is 1.57 bits per heavy atom. The first-order valence-corrected chi connectivity index (χ1v) is 13.1. The van der Waals surface area contributed by atoms with Gasteiger partial charge in [-0.25, -0.2) is 19.7 Å². The van der Waals surface area contributed by atoms with Crippen LogP contribution in [0.15, 0.2) is 67.9 Å². The van der Waals surface area contributed by atoms with Crippen molar-refractivity contribution in [3.05, 3.63) is 90.5 Å². The number of aromatic amines is 3. The summed E-state index contributed by atoms with van der Waals surface area (Å²) in [5, 5.41) is 17.6. The van der Waals surface area contributed by atoms with Crippen LogP contribution in [-0.2, 0) is 44.9 Å². The lowest BCUT2D eigenvalue weighted by molar-refractivity contribution is -0.142. The Balaban J connectivity index is 1.49. The number of hydrogen-bond acceptors (Lipinski definition) is 8. The molecule has 0 aliphatic carbocycles. The van der Waals surface area contributed by atoms with Gasteiger partial charge in [0.15, 0.2) is 0 Å². The van der Waals surface area contributed by atoms with Crippen LogP contribution in [0.3, 0.4) is 0 Å². The predicted molar refractivity (Wildman–Crippen MR) is 148 cm³/mol. The Morgan fingerprint density at radius 2 is 1.12 bits per heavy atom. The molecule has 4 atom stereocenters. The van der Waals surface area contributed by atoms with Gasteiger partial charge < -0.3 is 41.7 Å². The lowest BCUT2D eigenvalue weighted by atomic mass is 10.0. The van der Waals surface area contributed by atoms with E-state index in [1.165, 1.54) is 31.4 Å². The molecule has 3 heterocycles. The van der Waals surface area contributed by atoms with Crippen molar-refractivity contribution in [3.8, 4) is 0 Å². The molecule has 3 aromatic heterocycles. The molecule has 4 aromatic rings. The normalized spacial score (nSPS) is 13.8. The summed E-state index contributed by atoms with van der Waals surface area (Å²) in [5.74, 6) is -3.22. The van der Waals surface area contributed by atoms with Crippen molar-refractivity contribution in [1.29, 1.82) is 0 Å². The third-order valence-corrected chi connectivity index (χ3v) is 6.45. The van der Waals surface area contributed by atoms with Gasteiger partial charge in [0.1, 0.15) is 18.1 Å². The molecule has 220 valence electrons. The molecule has 42 heavy (non-hydrogen) atoms. The molecule has 0 saturated carbocycles. The fourth-order valence-electron chi connectivity index (χ4n) is 4.25. The molecular formula is C27H32N10O5. The first-order valence-electron chi connectivity index (χ1n) is 13.1. The van der Waals surface area contributed by atoms with Crippen LogP contribution in [0, 0.1) is 0 Å². The summed E-state index contributed by atoms with van der Waals surface area (Å²) in [5.41, 5.74) is 8.52. The highest BCUT2D eigenvalue weighted by Crippen LogP contribution is 2.07. The highest BCUT2D eigenvalue weighted by atomic mass is 16.4. The number of carboxylic acids is 1. The van der Waals surface area contributed by atoms with Gasteiger partial charge in [-0.05, 0) is 5.56 Å². The van der Waals surface area contributed by atoms with E-state index in [1.54, 1.807) is 36.5 Å². The number of amides is 3. The number of aliphatic carboxylic acids is 1. The standard InChI is InChI=1S/C27H32N10O5/c28-20(7-17-10-29-13-32-17)24(38)35-21(8-18-11-30-14-33-18)25(39)36-22(9-19-12-31-15-34-19)26(40)37-23(27(41)42)6-16-4-2-1-3-5-16/h1-5,10-15,20-23H,6-9,28H2,(H,29,32)(H,30,33)(H,31,34)(H,35,38)(H,36,39)(H,37,40)(H,41,42). The fourth-order valence-corrected chi connectivity index (χ4v) is 4.25. The average molecular weight is 577 g/mol. The number of carbonyl (C=O) groups is 4. The van der Waals surface area contributed by atoms with Crippen LogP contribution in [0.1, 0.15) is 22.6 Å². The Bertz CT molecular complexity index is 1430. The van der Waals surface area contributed by atoms with E-state index < -0.39 is 47.9 Å². The Labute approximate surface area is 240 Å². The summed E-state index contributed by atoms with van der Waals surface area (Å²) in [6.07, 6.45) is 9.07. The third-order valence-electron chi connectivity index (χ3n) is 6.45. The molecule has 4 rings (SSSR count). The number of benzene rings is 1. The highest BCUT2D eigenvalue weighted by Gasteiger charge is 2.31. The van der Waals surface area contributed by atoms with Crippen LogP contribution in [0.5, 0.6) is 0 Å². The third kappa shape index (κ3) is 8.59. The van der Waals surface area contributed by atoms with Gasteiger partial charge in [0.2, 0.25) is 17.7 Å². The summed E-state index contributed by atoms with van der Waals surface area (Å²) in [6, 6.07) is 4.29. The molecule has 9 N–H and O–H groups in total. The molecule has 3 amide bonds. The van der Waals surface area contributed by atoms with Crippen LogP contribution in [0.4, 0.5) is 0 Å². The van der Waals surface area contributed by atoms with Crippen molar-refractivity contribution in [2.45, 2.75) is 49.9 Å². The minimum absolute atomic E-state index is 0.0146. The van der Waals surface area contributed by atoms with E-state index in [0.717, 1.165) is 0 Å². The van der Waals surface area contributed by atoms with Gasteiger partial charge in [-0.2, -0.15) is 0 Å². The number of nitrogens with two attached hydrogens (primary N) is 1. The minimum Gasteiger partial charge on any atom is -0.480 e. The molecule has 0 saturated heterocycles. The SMILES string of the molecule is NC(Cc1cnc[nH]1)C(=O)NC(Cc1cnc[nH]1)C(=O)NC(Cc1cnc[nH]1)C(=O)NC(Cc1ccccc1)C(=O)O. The first kappa shape index (κ1) is 29.7. The molecular weight excluding hydrogens is 544 g/mol. The second-order valence-corrected chi connectivity index (χ2v) is 9.66. The van der Waals surface area contributed by atoms with Crippen LogP contribution in [-0.4, -0.2) is 82.9 Å². The maximum Gasteiger partial charge on any atom is 0.326 e. The molecule has 0 aliphatic heterocycles. The molecule has 4 unspecified atom stereocenters. The van der Waals surface area contributed by atoms with Gasteiger partial charge >= 0.3 is 5.97 Å². The molecule has 1 aromatic carbocycles. The zero-order valence-corrected chi connectivity index (χ0v) is 22.5. The summed E-state index contributed by atoms with van der Waals surface area (Å²) >= 11 is 0. The van der Waals surface area contributed by atoms with Crippen molar-refractivity contribution in [1.82, 2.24) is 45.9 Å².